The van der Waals surface area contributed by atoms with Gasteiger partial charge in [-0.05, 0) is 24.1 Å². The van der Waals surface area contributed by atoms with Crippen LogP contribution in [0.2, 0.25) is 0 Å². The third-order valence-corrected chi connectivity index (χ3v) is 1.83. The molecule has 0 aromatic heterocycles. The Hall–Kier alpha value is -1.11. The molecule has 1 heteroatoms. The molecule has 0 N–H and O–H groups in total. The van der Waals surface area contributed by atoms with Crippen LogP contribution in [-0.4, -0.2) is 0 Å². The highest BCUT2D eigenvalue weighted by Gasteiger charge is 1.91. The number of rotatable bonds is 0. The van der Waals surface area contributed by atoms with E-state index in [1.54, 1.807) is 0 Å². The van der Waals surface area contributed by atoms with Gasteiger partial charge in [-0.15, -0.1) is 0 Å². The summed E-state index contributed by atoms with van der Waals surface area (Å²) in [5, 5.41) is 2.37. The van der Waals surface area contributed by atoms with Crippen molar-refractivity contribution in [1.29, 1.82) is 0 Å². The fraction of sp³-hybridized carbons (Fsp3) is 0.200. The van der Waals surface area contributed by atoms with Crippen molar-refractivity contribution in [1.82, 2.24) is 0 Å². The molecule has 0 bridgehead atoms. The average molecular weight is 144 g/mol. The second-order valence-electron chi connectivity index (χ2n) is 2.65. The monoisotopic (exact) mass is 144 g/mol. The van der Waals surface area contributed by atoms with Crippen molar-refractivity contribution in [2.75, 3.05) is 0 Å². The van der Waals surface area contributed by atoms with Crippen LogP contribution >= 0.6 is 0 Å². The third-order valence-electron chi connectivity index (χ3n) is 1.83. The van der Waals surface area contributed by atoms with E-state index in [4.69, 9.17) is 0 Å². The summed E-state index contributed by atoms with van der Waals surface area (Å²) in [5.41, 5.74) is 0. The van der Waals surface area contributed by atoms with Crippen LogP contribution in [-0.2, 0) is 0 Å². The van der Waals surface area contributed by atoms with E-state index in [-0.39, 0.29) is 0 Å². The minimum atomic E-state index is 1.06. The van der Waals surface area contributed by atoms with Crippen LogP contribution in [0.5, 0.6) is 0 Å². The normalized spacial score (nSPS) is 15.6. The van der Waals surface area contributed by atoms with E-state index in [0.717, 1.165) is 18.2 Å². The van der Waals surface area contributed by atoms with Crippen molar-refractivity contribution in [3.05, 3.63) is 41.4 Å². The predicted molar refractivity (Wildman–Crippen MR) is 45.2 cm³/mol. The number of benzene rings is 1. The van der Waals surface area contributed by atoms with Gasteiger partial charge in [0, 0.05) is 0 Å². The van der Waals surface area contributed by atoms with Gasteiger partial charge in [-0.2, -0.15) is 0 Å². The molecule has 1 aromatic carbocycles. The van der Waals surface area contributed by atoms with Gasteiger partial charge in [0.15, 0.2) is 0 Å². The van der Waals surface area contributed by atoms with E-state index in [2.05, 4.69) is 23.2 Å². The van der Waals surface area contributed by atoms with Crippen molar-refractivity contribution < 1.29 is 0 Å². The first-order valence-electron chi connectivity index (χ1n) is 3.91. The highest BCUT2D eigenvalue weighted by molar-refractivity contribution is 5.24. The van der Waals surface area contributed by atoms with Gasteiger partial charge < -0.3 is 0 Å². The fourth-order valence-electron chi connectivity index (χ4n) is 1.25. The molecule has 1 heterocycles. The van der Waals surface area contributed by atoms with Gasteiger partial charge in [0.05, 0.1) is 11.9 Å². The Labute approximate surface area is 66.1 Å². The average Bonchev–Trinajstić information content (AvgIpc) is 2.28. The van der Waals surface area contributed by atoms with Crippen LogP contribution in [0.4, 0.5) is 0 Å². The van der Waals surface area contributed by atoms with E-state index >= 15 is 0 Å². The summed E-state index contributed by atoms with van der Waals surface area (Å²) < 4.78 is 0. The van der Waals surface area contributed by atoms with Crippen molar-refractivity contribution in [2.45, 2.75) is 12.8 Å². The van der Waals surface area contributed by atoms with Crippen LogP contribution in [0.15, 0.2) is 29.3 Å². The molecule has 11 heavy (non-hydrogen) atoms. The molecule has 0 amide bonds. The van der Waals surface area contributed by atoms with Crippen molar-refractivity contribution >= 4 is 6.08 Å². The number of para-hydroxylation sites is 1. The van der Waals surface area contributed by atoms with Gasteiger partial charge in [0.25, 0.3) is 0 Å². The van der Waals surface area contributed by atoms with E-state index < -0.39 is 0 Å². The highest BCUT2D eigenvalue weighted by Crippen LogP contribution is 1.96. The maximum absolute atomic E-state index is 4.33. The summed E-state index contributed by atoms with van der Waals surface area (Å²) >= 11 is 0. The molecule has 0 spiro atoms. The molecule has 1 aromatic rings. The lowest BCUT2D eigenvalue weighted by Gasteiger charge is -1.84. The largest absolute Gasteiger partial charge is 0.279 e. The molecule has 0 atom stereocenters. The summed E-state index contributed by atoms with van der Waals surface area (Å²) in [4.78, 5) is 4.33. The summed E-state index contributed by atoms with van der Waals surface area (Å²) in [6.45, 7) is 1.99. The molecule has 2 rings (SSSR count). The van der Waals surface area contributed by atoms with Crippen LogP contribution < -0.4 is 10.6 Å². The van der Waals surface area contributed by atoms with Gasteiger partial charge in [-0.25, -0.2) is 0 Å². The zero-order valence-corrected chi connectivity index (χ0v) is 6.33. The quantitative estimate of drug-likeness (QED) is 0.516. The predicted octanol–water partition coefficient (Wildman–Crippen LogP) is 1.04. The van der Waals surface area contributed by atoms with E-state index in [0.29, 0.717) is 0 Å². The molecule has 0 aliphatic carbocycles. The molecule has 0 saturated heterocycles. The summed E-state index contributed by atoms with van der Waals surface area (Å²) in [7, 11) is 0. The maximum atomic E-state index is 4.33. The first-order valence-corrected chi connectivity index (χ1v) is 3.91. The molecule has 0 fully saturated rings. The smallest absolute Gasteiger partial charge is 0.0733 e. The summed E-state index contributed by atoms with van der Waals surface area (Å²) in [6, 6.07) is 8.23. The molecule has 1 radical (unpaired) electrons. The summed E-state index contributed by atoms with van der Waals surface area (Å²) in [6.07, 6.45) is 4.41. The zero-order chi connectivity index (χ0) is 7.52. The molecule has 1 nitrogen and oxygen atoms in total. The van der Waals surface area contributed by atoms with E-state index in [9.17, 15) is 0 Å². The standard InChI is InChI=1S/C10H10N/c1-2-7-10-9(5-1)6-3-4-8-11-10/h1-2,5-8H,3-4H2. The number of fused-ring (bicyclic) bond motifs is 1. The second-order valence-corrected chi connectivity index (χ2v) is 2.65. The Morgan fingerprint density at radius 2 is 2.00 bits per heavy atom. The fourth-order valence-corrected chi connectivity index (χ4v) is 1.25. The lowest BCUT2D eigenvalue weighted by Crippen LogP contribution is -2.22. The highest BCUT2D eigenvalue weighted by atomic mass is 14.7. The van der Waals surface area contributed by atoms with Gasteiger partial charge in [-0.3, -0.25) is 4.99 Å². The molecule has 55 valence electrons. The first-order chi connectivity index (χ1) is 5.47. The topological polar surface area (TPSA) is 12.4 Å². The lowest BCUT2D eigenvalue weighted by molar-refractivity contribution is 0.979. The lowest BCUT2D eigenvalue weighted by atomic mass is 10.2. The van der Waals surface area contributed by atoms with Gasteiger partial charge in [-0.1, -0.05) is 24.3 Å². The minimum absolute atomic E-state index is 1.06. The Kier molecular flexibility index (Phi) is 1.72. The number of hydrogen-bond acceptors (Lipinski definition) is 1. The molecule has 0 saturated carbocycles. The van der Waals surface area contributed by atoms with Gasteiger partial charge in [0.1, 0.15) is 0 Å². The molecule has 0 unspecified atom stereocenters. The maximum Gasteiger partial charge on any atom is 0.0733 e. The Morgan fingerprint density at radius 3 is 3.00 bits per heavy atom. The van der Waals surface area contributed by atoms with Crippen LogP contribution in [0.3, 0.4) is 0 Å². The molecule has 1 aliphatic heterocycles. The SMILES string of the molecule is [CH]1CCC=c2ccccc2=N1. The van der Waals surface area contributed by atoms with Crippen molar-refractivity contribution in [3.63, 3.8) is 0 Å². The Bertz CT molecular complexity index is 316. The van der Waals surface area contributed by atoms with Gasteiger partial charge >= 0.3 is 0 Å². The number of nitrogens with zero attached hydrogens (tertiary/aromatic N) is 1. The molecular formula is C10H10N. The second kappa shape index (κ2) is 2.87. The van der Waals surface area contributed by atoms with Gasteiger partial charge in [0.2, 0.25) is 0 Å². The Balaban J connectivity index is 2.73. The minimum Gasteiger partial charge on any atom is -0.279 e. The molecular weight excluding hydrogens is 134 g/mol. The first kappa shape index (κ1) is 6.59. The van der Waals surface area contributed by atoms with E-state index in [1.165, 1.54) is 5.22 Å². The number of hydrogen-bond donors (Lipinski definition) is 0. The van der Waals surface area contributed by atoms with Crippen molar-refractivity contribution in [2.24, 2.45) is 4.99 Å². The van der Waals surface area contributed by atoms with Crippen molar-refractivity contribution in [3.8, 4) is 0 Å². The Morgan fingerprint density at radius 1 is 1.09 bits per heavy atom. The van der Waals surface area contributed by atoms with Crippen LogP contribution in [0, 0.1) is 6.54 Å². The van der Waals surface area contributed by atoms with Crippen LogP contribution in [0.1, 0.15) is 12.8 Å². The summed E-state index contributed by atoms with van der Waals surface area (Å²) in [5.74, 6) is 0. The van der Waals surface area contributed by atoms with Crippen LogP contribution in [0.25, 0.3) is 6.08 Å². The van der Waals surface area contributed by atoms with E-state index in [1.807, 2.05) is 18.7 Å². The molecule has 1 aliphatic rings. The third kappa shape index (κ3) is 1.32. The zero-order valence-electron chi connectivity index (χ0n) is 6.33.